The first-order valence-electron chi connectivity index (χ1n) is 8.60. The first-order chi connectivity index (χ1) is 13.1. The summed E-state index contributed by atoms with van der Waals surface area (Å²) in [5.74, 6) is -0.221. The lowest BCUT2D eigenvalue weighted by atomic mass is 9.85. The molecular weight excluding hydrogens is 372 g/mol. The van der Waals surface area contributed by atoms with Crippen molar-refractivity contribution in [1.82, 2.24) is 0 Å². The topological polar surface area (TPSA) is 29.5 Å². The maximum atomic E-state index is 13.8. The molecule has 1 N–H and O–H groups in total. The molecule has 1 aliphatic rings. The van der Waals surface area contributed by atoms with Crippen molar-refractivity contribution in [2.24, 2.45) is 0 Å². The molecule has 0 unspecified atom stereocenters. The van der Waals surface area contributed by atoms with Crippen LogP contribution in [-0.2, 0) is 11.8 Å². The summed E-state index contributed by atoms with van der Waals surface area (Å²) in [6.45, 7) is 3.66. The van der Waals surface area contributed by atoms with E-state index in [-0.39, 0.29) is 5.75 Å². The Hall–Kier alpha value is -3.02. The van der Waals surface area contributed by atoms with Gasteiger partial charge in [-0.05, 0) is 66.9 Å². The van der Waals surface area contributed by atoms with Crippen LogP contribution in [0, 0.1) is 5.82 Å². The van der Waals surface area contributed by atoms with Crippen molar-refractivity contribution in [2.75, 3.05) is 0 Å². The van der Waals surface area contributed by atoms with Gasteiger partial charge in [-0.25, -0.2) is 4.39 Å². The quantitative estimate of drug-likeness (QED) is 0.482. The van der Waals surface area contributed by atoms with Crippen LogP contribution in [0.3, 0.4) is 0 Å². The zero-order valence-electron chi connectivity index (χ0n) is 15.1. The molecule has 0 aromatic heterocycles. The number of hydrogen-bond acceptors (Lipinski definition) is 2. The Morgan fingerprint density at radius 3 is 2.21 bits per heavy atom. The lowest BCUT2D eigenvalue weighted by Crippen LogP contribution is -2.29. The first kappa shape index (κ1) is 18.3. The summed E-state index contributed by atoms with van der Waals surface area (Å²) in [5, 5.41) is 10.6. The molecule has 6 heteroatoms. The number of rotatable bonds is 1. The van der Waals surface area contributed by atoms with Crippen molar-refractivity contribution in [3.05, 3.63) is 71.5 Å². The van der Waals surface area contributed by atoms with E-state index >= 15 is 0 Å². The number of halogens is 4. The fourth-order valence-corrected chi connectivity index (χ4v) is 3.55. The van der Waals surface area contributed by atoms with E-state index in [1.165, 1.54) is 30.3 Å². The van der Waals surface area contributed by atoms with Gasteiger partial charge >= 0.3 is 6.18 Å². The maximum absolute atomic E-state index is 13.8. The van der Waals surface area contributed by atoms with Gasteiger partial charge in [-0.2, -0.15) is 13.2 Å². The van der Waals surface area contributed by atoms with Crippen LogP contribution in [0.5, 0.6) is 11.5 Å². The molecule has 2 nitrogen and oxygen atoms in total. The van der Waals surface area contributed by atoms with Gasteiger partial charge in [0.2, 0.25) is 0 Å². The van der Waals surface area contributed by atoms with E-state index in [9.17, 15) is 22.7 Å². The predicted molar refractivity (Wildman–Crippen MR) is 97.6 cm³/mol. The Kier molecular flexibility index (Phi) is 3.93. The molecule has 0 aliphatic carbocycles. The van der Waals surface area contributed by atoms with Crippen molar-refractivity contribution in [1.29, 1.82) is 0 Å². The second kappa shape index (κ2) is 5.99. The lowest BCUT2D eigenvalue weighted by molar-refractivity contribution is -0.137. The van der Waals surface area contributed by atoms with Gasteiger partial charge in [0.25, 0.3) is 0 Å². The van der Waals surface area contributed by atoms with Crippen molar-refractivity contribution in [3.8, 4) is 33.8 Å². The highest BCUT2D eigenvalue weighted by Gasteiger charge is 2.35. The molecule has 3 aromatic carbocycles. The molecule has 28 heavy (non-hydrogen) atoms. The standard InChI is InChI=1S/C22H16F4O2/c1-21(2)17-8-7-15(23)11-16(17)20-18(27)9-13(10-19(20)28-21)12-3-5-14(6-4-12)22(24,25)26/h3-11,27H,1-2H3. The summed E-state index contributed by atoms with van der Waals surface area (Å²) in [4.78, 5) is 0. The highest BCUT2D eigenvalue weighted by molar-refractivity contribution is 5.85. The van der Waals surface area contributed by atoms with Gasteiger partial charge in [0, 0.05) is 5.56 Å². The van der Waals surface area contributed by atoms with Crippen molar-refractivity contribution in [3.63, 3.8) is 0 Å². The molecule has 0 radical (unpaired) electrons. The minimum Gasteiger partial charge on any atom is -0.507 e. The van der Waals surface area contributed by atoms with Crippen LogP contribution < -0.4 is 4.74 Å². The van der Waals surface area contributed by atoms with Gasteiger partial charge in [0.05, 0.1) is 11.1 Å². The number of alkyl halides is 3. The third-order valence-electron chi connectivity index (χ3n) is 4.89. The smallest absolute Gasteiger partial charge is 0.416 e. The molecule has 3 aromatic rings. The largest absolute Gasteiger partial charge is 0.507 e. The van der Waals surface area contributed by atoms with Crippen LogP contribution >= 0.6 is 0 Å². The summed E-state index contributed by atoms with van der Waals surface area (Å²) in [7, 11) is 0. The minimum absolute atomic E-state index is 0.130. The number of benzene rings is 3. The van der Waals surface area contributed by atoms with Crippen LogP contribution in [0.25, 0.3) is 22.3 Å². The first-order valence-corrected chi connectivity index (χ1v) is 8.60. The molecule has 0 amide bonds. The molecular formula is C22H16F4O2. The van der Waals surface area contributed by atoms with Gasteiger partial charge in [0.1, 0.15) is 22.9 Å². The molecule has 1 heterocycles. The Morgan fingerprint density at radius 2 is 1.57 bits per heavy atom. The van der Waals surface area contributed by atoms with E-state index in [1.54, 1.807) is 12.1 Å². The Bertz CT molecular complexity index is 1070. The number of ether oxygens (including phenoxy) is 1. The number of fused-ring (bicyclic) bond motifs is 3. The van der Waals surface area contributed by atoms with Crippen LogP contribution in [0.15, 0.2) is 54.6 Å². The van der Waals surface area contributed by atoms with Crippen molar-refractivity contribution in [2.45, 2.75) is 25.6 Å². The fraction of sp³-hybridized carbons (Fsp3) is 0.182. The Balaban J connectivity index is 1.85. The van der Waals surface area contributed by atoms with Crippen LogP contribution in [-0.4, -0.2) is 5.11 Å². The van der Waals surface area contributed by atoms with Crippen LogP contribution in [0.1, 0.15) is 25.0 Å². The summed E-state index contributed by atoms with van der Waals surface area (Å²) in [6, 6.07) is 12.0. The average Bonchev–Trinajstić information content (AvgIpc) is 2.59. The number of aromatic hydroxyl groups is 1. The van der Waals surface area contributed by atoms with E-state index in [4.69, 9.17) is 4.74 Å². The number of phenols is 1. The minimum atomic E-state index is -4.42. The van der Waals surface area contributed by atoms with Crippen LogP contribution in [0.2, 0.25) is 0 Å². The SMILES string of the molecule is CC1(C)Oc2cc(-c3ccc(C(F)(F)F)cc3)cc(O)c2-c2cc(F)ccc21. The molecule has 0 saturated carbocycles. The molecule has 0 bridgehead atoms. The van der Waals surface area contributed by atoms with Crippen LogP contribution in [0.4, 0.5) is 17.6 Å². The Morgan fingerprint density at radius 1 is 0.893 bits per heavy atom. The molecule has 4 rings (SSSR count). The maximum Gasteiger partial charge on any atom is 0.416 e. The normalized spacial score (nSPS) is 14.8. The monoisotopic (exact) mass is 388 g/mol. The van der Waals surface area contributed by atoms with Gasteiger partial charge < -0.3 is 9.84 Å². The van der Waals surface area contributed by atoms with Gasteiger partial charge in [-0.3, -0.25) is 0 Å². The zero-order valence-corrected chi connectivity index (χ0v) is 15.1. The predicted octanol–water partition coefficient (Wildman–Crippen LogP) is 6.51. The highest BCUT2D eigenvalue weighted by atomic mass is 19.4. The van der Waals surface area contributed by atoms with E-state index in [0.29, 0.717) is 28.0 Å². The molecule has 1 aliphatic heterocycles. The molecule has 144 valence electrons. The third-order valence-corrected chi connectivity index (χ3v) is 4.89. The van der Waals surface area contributed by atoms with E-state index in [2.05, 4.69) is 0 Å². The van der Waals surface area contributed by atoms with Crippen molar-refractivity contribution < 1.29 is 27.4 Å². The molecule has 0 spiro atoms. The van der Waals surface area contributed by atoms with E-state index in [0.717, 1.165) is 17.7 Å². The summed E-state index contributed by atoms with van der Waals surface area (Å²) >= 11 is 0. The van der Waals surface area contributed by atoms with Gasteiger partial charge in [-0.1, -0.05) is 18.2 Å². The van der Waals surface area contributed by atoms with E-state index < -0.39 is 23.2 Å². The second-order valence-electron chi connectivity index (χ2n) is 7.25. The number of hydrogen-bond donors (Lipinski definition) is 1. The number of phenolic OH excluding ortho intramolecular Hbond substituents is 1. The summed E-state index contributed by atoms with van der Waals surface area (Å²) < 4.78 is 58.2. The average molecular weight is 388 g/mol. The fourth-order valence-electron chi connectivity index (χ4n) is 3.55. The third kappa shape index (κ3) is 2.99. The summed E-state index contributed by atoms with van der Waals surface area (Å²) in [5.41, 5.74) is 1.12. The summed E-state index contributed by atoms with van der Waals surface area (Å²) in [6.07, 6.45) is -4.42. The molecule has 0 atom stereocenters. The van der Waals surface area contributed by atoms with Gasteiger partial charge in [0.15, 0.2) is 0 Å². The second-order valence-corrected chi connectivity index (χ2v) is 7.25. The van der Waals surface area contributed by atoms with Crippen molar-refractivity contribution >= 4 is 0 Å². The van der Waals surface area contributed by atoms with Gasteiger partial charge in [-0.15, -0.1) is 0 Å². The Labute approximate surface area is 159 Å². The molecule has 0 saturated heterocycles. The molecule has 0 fully saturated rings. The lowest BCUT2D eigenvalue weighted by Gasteiger charge is -2.35. The highest BCUT2D eigenvalue weighted by Crippen LogP contribution is 2.50. The zero-order chi connectivity index (χ0) is 20.3. The van der Waals surface area contributed by atoms with E-state index in [1.807, 2.05) is 13.8 Å².